The second-order valence-corrected chi connectivity index (χ2v) is 3.81. The predicted octanol–water partition coefficient (Wildman–Crippen LogP) is 0.802. The third-order valence-corrected chi connectivity index (χ3v) is 2.37. The number of rotatable bonds is 7. The Hall–Kier alpha value is -1.79. The van der Waals surface area contributed by atoms with Crippen molar-refractivity contribution in [3.8, 4) is 0 Å². The normalized spacial score (nSPS) is 10.7. The van der Waals surface area contributed by atoms with Crippen molar-refractivity contribution in [3.05, 3.63) is 24.3 Å². The summed E-state index contributed by atoms with van der Waals surface area (Å²) in [6.45, 7) is 2.61. The zero-order chi connectivity index (χ0) is 12.6. The average molecular weight is 247 g/mol. The molecule has 1 aromatic heterocycles. The van der Waals surface area contributed by atoms with Crippen molar-refractivity contribution in [1.82, 2.24) is 15.2 Å². The summed E-state index contributed by atoms with van der Waals surface area (Å²) in [4.78, 5) is 4.36. The molecule has 0 bridgehead atoms. The average Bonchev–Trinajstić information content (AvgIpc) is 2.42. The van der Waals surface area contributed by atoms with Gasteiger partial charge in [0.15, 0.2) is 0 Å². The lowest BCUT2D eigenvalue weighted by Gasteiger charge is -2.05. The molecule has 0 saturated heterocycles. The standard InChI is InChI=1S/C12H17N5O/c13-6-9-18-8-3-7-14-12-15-10-4-1-2-5-11(10)16-17-12/h1-2,4-5H,3,6-9,13H2,(H,14,15,17). The topological polar surface area (TPSA) is 86.0 Å². The molecule has 0 atom stereocenters. The maximum absolute atomic E-state index is 5.32. The van der Waals surface area contributed by atoms with E-state index in [4.69, 9.17) is 10.5 Å². The SMILES string of the molecule is NCCOCCCNc1nnc2ccccc2n1. The number of aromatic nitrogens is 3. The van der Waals surface area contributed by atoms with Crippen molar-refractivity contribution < 1.29 is 4.74 Å². The van der Waals surface area contributed by atoms with Gasteiger partial charge in [-0.2, -0.15) is 0 Å². The number of anilines is 1. The lowest BCUT2D eigenvalue weighted by molar-refractivity contribution is 0.141. The molecule has 3 N–H and O–H groups in total. The van der Waals surface area contributed by atoms with Crippen LogP contribution in [0, 0.1) is 0 Å². The van der Waals surface area contributed by atoms with E-state index < -0.39 is 0 Å². The molecule has 0 aliphatic carbocycles. The van der Waals surface area contributed by atoms with Crippen LogP contribution in [0.1, 0.15) is 6.42 Å². The fraction of sp³-hybridized carbons (Fsp3) is 0.417. The van der Waals surface area contributed by atoms with Gasteiger partial charge in [-0.3, -0.25) is 0 Å². The summed E-state index contributed by atoms with van der Waals surface area (Å²) in [5.74, 6) is 0.549. The van der Waals surface area contributed by atoms with E-state index in [1.54, 1.807) is 0 Å². The highest BCUT2D eigenvalue weighted by Crippen LogP contribution is 2.08. The fourth-order valence-corrected chi connectivity index (χ4v) is 1.52. The van der Waals surface area contributed by atoms with Crippen LogP contribution in [0.15, 0.2) is 24.3 Å². The first-order valence-electron chi connectivity index (χ1n) is 6.01. The third kappa shape index (κ3) is 3.61. The molecule has 0 aliphatic rings. The maximum atomic E-state index is 5.32. The molecule has 1 aromatic carbocycles. The van der Waals surface area contributed by atoms with Crippen LogP contribution in [0.3, 0.4) is 0 Å². The summed E-state index contributed by atoms with van der Waals surface area (Å²) in [5.41, 5.74) is 6.96. The van der Waals surface area contributed by atoms with Gasteiger partial charge in [0.05, 0.1) is 12.1 Å². The van der Waals surface area contributed by atoms with Gasteiger partial charge in [-0.05, 0) is 18.6 Å². The van der Waals surface area contributed by atoms with E-state index in [1.807, 2.05) is 24.3 Å². The van der Waals surface area contributed by atoms with Gasteiger partial charge in [0, 0.05) is 19.7 Å². The van der Waals surface area contributed by atoms with Gasteiger partial charge in [-0.25, -0.2) is 4.98 Å². The molecular weight excluding hydrogens is 230 g/mol. The highest BCUT2D eigenvalue weighted by atomic mass is 16.5. The molecule has 0 fully saturated rings. The summed E-state index contributed by atoms with van der Waals surface area (Å²) in [5, 5.41) is 11.2. The van der Waals surface area contributed by atoms with Gasteiger partial charge in [0.25, 0.3) is 0 Å². The first-order chi connectivity index (χ1) is 8.90. The summed E-state index contributed by atoms with van der Waals surface area (Å²) in [6, 6.07) is 7.65. The molecule has 1 heterocycles. The minimum absolute atomic E-state index is 0.549. The zero-order valence-electron chi connectivity index (χ0n) is 10.2. The number of para-hydroxylation sites is 1. The van der Waals surface area contributed by atoms with Gasteiger partial charge >= 0.3 is 0 Å². The van der Waals surface area contributed by atoms with Crippen molar-refractivity contribution in [2.75, 3.05) is 31.6 Å². The predicted molar refractivity (Wildman–Crippen MR) is 70.3 cm³/mol. The van der Waals surface area contributed by atoms with Gasteiger partial charge < -0.3 is 15.8 Å². The van der Waals surface area contributed by atoms with E-state index in [2.05, 4.69) is 20.5 Å². The summed E-state index contributed by atoms with van der Waals surface area (Å²) >= 11 is 0. The highest BCUT2D eigenvalue weighted by Gasteiger charge is 1.99. The number of nitrogens with zero attached hydrogens (tertiary/aromatic N) is 3. The zero-order valence-corrected chi connectivity index (χ0v) is 10.2. The fourth-order valence-electron chi connectivity index (χ4n) is 1.52. The van der Waals surface area contributed by atoms with E-state index in [-0.39, 0.29) is 0 Å². The van der Waals surface area contributed by atoms with Crippen molar-refractivity contribution in [1.29, 1.82) is 0 Å². The molecule has 2 rings (SSSR count). The molecule has 96 valence electrons. The Morgan fingerprint density at radius 3 is 2.78 bits per heavy atom. The summed E-state index contributed by atoms with van der Waals surface area (Å²) in [7, 11) is 0. The Bertz CT molecular complexity index is 491. The third-order valence-electron chi connectivity index (χ3n) is 2.37. The molecule has 2 aromatic rings. The minimum Gasteiger partial charge on any atom is -0.380 e. The van der Waals surface area contributed by atoms with E-state index in [9.17, 15) is 0 Å². The maximum Gasteiger partial charge on any atom is 0.243 e. The van der Waals surface area contributed by atoms with E-state index in [1.165, 1.54) is 0 Å². The number of ether oxygens (including phenoxy) is 1. The number of benzene rings is 1. The molecule has 6 heteroatoms. The van der Waals surface area contributed by atoms with E-state index in [0.29, 0.717) is 25.7 Å². The molecule has 6 nitrogen and oxygen atoms in total. The van der Waals surface area contributed by atoms with E-state index in [0.717, 1.165) is 24.0 Å². The van der Waals surface area contributed by atoms with Crippen LogP contribution in [0.4, 0.5) is 5.95 Å². The van der Waals surface area contributed by atoms with Crippen LogP contribution in [0.25, 0.3) is 11.0 Å². The Labute approximate surface area is 106 Å². The first kappa shape index (κ1) is 12.7. The van der Waals surface area contributed by atoms with Gasteiger partial charge in [-0.1, -0.05) is 12.1 Å². The van der Waals surface area contributed by atoms with Crippen LogP contribution in [-0.2, 0) is 4.74 Å². The molecular formula is C12H17N5O. The Morgan fingerprint density at radius 1 is 1.11 bits per heavy atom. The van der Waals surface area contributed by atoms with Crippen LogP contribution in [0.2, 0.25) is 0 Å². The quantitative estimate of drug-likeness (QED) is 0.704. The second-order valence-electron chi connectivity index (χ2n) is 3.81. The number of nitrogens with one attached hydrogen (secondary N) is 1. The Kier molecular flexibility index (Phi) is 4.80. The summed E-state index contributed by atoms with van der Waals surface area (Å²) in [6.07, 6.45) is 0.885. The number of hydrogen-bond donors (Lipinski definition) is 2. The van der Waals surface area contributed by atoms with Gasteiger partial charge in [0.2, 0.25) is 5.95 Å². The van der Waals surface area contributed by atoms with Crippen LogP contribution < -0.4 is 11.1 Å². The van der Waals surface area contributed by atoms with Crippen LogP contribution >= 0.6 is 0 Å². The summed E-state index contributed by atoms with van der Waals surface area (Å²) < 4.78 is 5.27. The lowest BCUT2D eigenvalue weighted by Crippen LogP contribution is -2.12. The molecule has 0 aliphatic heterocycles. The largest absolute Gasteiger partial charge is 0.380 e. The molecule has 0 radical (unpaired) electrons. The van der Waals surface area contributed by atoms with Crippen molar-refractivity contribution >= 4 is 17.0 Å². The minimum atomic E-state index is 0.549. The smallest absolute Gasteiger partial charge is 0.243 e. The lowest BCUT2D eigenvalue weighted by atomic mass is 10.3. The van der Waals surface area contributed by atoms with Gasteiger partial charge in [-0.15, -0.1) is 10.2 Å². The molecule has 0 saturated carbocycles. The van der Waals surface area contributed by atoms with Crippen molar-refractivity contribution in [2.24, 2.45) is 5.73 Å². The Morgan fingerprint density at radius 2 is 1.94 bits per heavy atom. The Balaban J connectivity index is 1.81. The first-order valence-corrected chi connectivity index (χ1v) is 6.01. The molecule has 18 heavy (non-hydrogen) atoms. The number of hydrogen-bond acceptors (Lipinski definition) is 6. The van der Waals surface area contributed by atoms with Crippen LogP contribution in [0.5, 0.6) is 0 Å². The van der Waals surface area contributed by atoms with Gasteiger partial charge in [0.1, 0.15) is 5.52 Å². The van der Waals surface area contributed by atoms with Crippen molar-refractivity contribution in [3.63, 3.8) is 0 Å². The monoisotopic (exact) mass is 247 g/mol. The second kappa shape index (κ2) is 6.83. The molecule has 0 spiro atoms. The molecule has 0 unspecified atom stereocenters. The van der Waals surface area contributed by atoms with E-state index >= 15 is 0 Å². The van der Waals surface area contributed by atoms with Crippen molar-refractivity contribution in [2.45, 2.75) is 6.42 Å². The van der Waals surface area contributed by atoms with Crippen LogP contribution in [-0.4, -0.2) is 41.5 Å². The highest BCUT2D eigenvalue weighted by molar-refractivity contribution is 5.73. The number of nitrogens with two attached hydrogens (primary N) is 1. The molecule has 0 amide bonds. The number of fused-ring (bicyclic) bond motifs is 1.